The Labute approximate surface area is 140 Å². The first-order valence-corrected chi connectivity index (χ1v) is 7.45. The molecule has 1 N–H and O–H groups in total. The summed E-state index contributed by atoms with van der Waals surface area (Å²) in [4.78, 5) is 23.5. The number of benzene rings is 1. The summed E-state index contributed by atoms with van der Waals surface area (Å²) in [7, 11) is 3.30. The lowest BCUT2D eigenvalue weighted by atomic mass is 10.1. The van der Waals surface area contributed by atoms with Crippen molar-refractivity contribution in [2.75, 3.05) is 19.0 Å². The fraction of sp³-hybridized carbons (Fsp3) is 0.353. The summed E-state index contributed by atoms with van der Waals surface area (Å²) in [5, 5.41) is 7.04. The fourth-order valence-corrected chi connectivity index (χ4v) is 2.28. The van der Waals surface area contributed by atoms with Gasteiger partial charge in [-0.1, -0.05) is 0 Å². The van der Waals surface area contributed by atoms with Crippen molar-refractivity contribution in [2.24, 2.45) is 7.05 Å². The Morgan fingerprint density at radius 3 is 2.50 bits per heavy atom. The summed E-state index contributed by atoms with van der Waals surface area (Å²) in [6.45, 7) is 5.00. The number of anilines is 1. The number of amides is 1. The molecule has 0 bridgehead atoms. The Kier molecular flexibility index (Phi) is 5.23. The predicted octanol–water partition coefficient (Wildman–Crippen LogP) is 2.27. The van der Waals surface area contributed by atoms with Gasteiger partial charge < -0.3 is 14.8 Å². The van der Waals surface area contributed by atoms with Gasteiger partial charge in [0.15, 0.2) is 23.9 Å². The van der Waals surface area contributed by atoms with Gasteiger partial charge in [0.1, 0.15) is 0 Å². The molecule has 2 rings (SSSR count). The highest BCUT2D eigenvalue weighted by Gasteiger charge is 2.14. The second-order valence-corrected chi connectivity index (χ2v) is 5.43. The van der Waals surface area contributed by atoms with Crippen LogP contribution in [0.15, 0.2) is 18.2 Å². The third-order valence-electron chi connectivity index (χ3n) is 3.70. The molecule has 128 valence electrons. The first-order valence-electron chi connectivity index (χ1n) is 7.45. The van der Waals surface area contributed by atoms with Crippen molar-refractivity contribution in [1.29, 1.82) is 0 Å². The van der Waals surface area contributed by atoms with Gasteiger partial charge in [-0.15, -0.1) is 0 Å². The molecule has 0 atom stereocenters. The van der Waals surface area contributed by atoms with E-state index in [0.717, 1.165) is 11.4 Å². The number of hydrogen-bond donors (Lipinski definition) is 1. The molecule has 1 amide bonds. The third-order valence-corrected chi connectivity index (χ3v) is 3.70. The van der Waals surface area contributed by atoms with Crippen LogP contribution in [0.1, 0.15) is 28.7 Å². The zero-order chi connectivity index (χ0) is 17.9. The first kappa shape index (κ1) is 17.5. The van der Waals surface area contributed by atoms with E-state index in [1.807, 2.05) is 20.9 Å². The van der Waals surface area contributed by atoms with Crippen molar-refractivity contribution in [3.8, 4) is 11.5 Å². The van der Waals surface area contributed by atoms with Crippen molar-refractivity contribution in [2.45, 2.75) is 20.8 Å². The predicted molar refractivity (Wildman–Crippen MR) is 89.8 cm³/mol. The molecule has 2 aromatic rings. The standard InChI is InChI=1S/C17H21N3O4/c1-10-17(11(2)20(4)19-10)18-16(22)9-24-14-7-6-13(12(3)21)8-15(14)23-5/h6-8H,9H2,1-5H3,(H,18,22). The minimum atomic E-state index is -0.299. The van der Waals surface area contributed by atoms with E-state index in [2.05, 4.69) is 10.4 Å². The Balaban J connectivity index is 2.05. The SMILES string of the molecule is COc1cc(C(C)=O)ccc1OCC(=O)Nc1c(C)nn(C)c1C. The molecule has 0 saturated carbocycles. The van der Waals surface area contributed by atoms with E-state index in [9.17, 15) is 9.59 Å². The van der Waals surface area contributed by atoms with Crippen LogP contribution < -0.4 is 14.8 Å². The number of carbonyl (C=O) groups is 2. The molecule has 7 heteroatoms. The van der Waals surface area contributed by atoms with Crippen LogP contribution in [0.4, 0.5) is 5.69 Å². The number of nitrogens with zero attached hydrogens (tertiary/aromatic N) is 2. The summed E-state index contributed by atoms with van der Waals surface area (Å²) in [6, 6.07) is 4.84. The second kappa shape index (κ2) is 7.16. The molecule has 0 fully saturated rings. The van der Waals surface area contributed by atoms with E-state index in [1.165, 1.54) is 14.0 Å². The zero-order valence-electron chi connectivity index (χ0n) is 14.5. The van der Waals surface area contributed by atoms with E-state index in [-0.39, 0.29) is 18.3 Å². The van der Waals surface area contributed by atoms with Gasteiger partial charge in [-0.25, -0.2) is 0 Å². The summed E-state index contributed by atoms with van der Waals surface area (Å²) >= 11 is 0. The van der Waals surface area contributed by atoms with Crippen LogP contribution in [-0.2, 0) is 11.8 Å². The van der Waals surface area contributed by atoms with Gasteiger partial charge in [0, 0.05) is 12.6 Å². The van der Waals surface area contributed by atoms with E-state index >= 15 is 0 Å². The van der Waals surface area contributed by atoms with Crippen molar-refractivity contribution in [3.05, 3.63) is 35.2 Å². The molecule has 0 aliphatic rings. The van der Waals surface area contributed by atoms with Crippen LogP contribution in [-0.4, -0.2) is 35.2 Å². The molecule has 0 radical (unpaired) electrons. The number of ketones is 1. The molecular formula is C17H21N3O4. The zero-order valence-corrected chi connectivity index (χ0v) is 14.5. The third kappa shape index (κ3) is 3.73. The maximum absolute atomic E-state index is 12.1. The molecule has 0 unspecified atom stereocenters. The maximum Gasteiger partial charge on any atom is 0.262 e. The number of hydrogen-bond acceptors (Lipinski definition) is 5. The lowest BCUT2D eigenvalue weighted by Crippen LogP contribution is -2.21. The number of carbonyl (C=O) groups excluding carboxylic acids is 2. The van der Waals surface area contributed by atoms with Crippen molar-refractivity contribution >= 4 is 17.4 Å². The van der Waals surface area contributed by atoms with E-state index in [0.29, 0.717) is 22.7 Å². The largest absolute Gasteiger partial charge is 0.493 e. The number of methoxy groups -OCH3 is 1. The highest BCUT2D eigenvalue weighted by atomic mass is 16.5. The number of aryl methyl sites for hydroxylation is 2. The number of nitrogens with one attached hydrogen (secondary N) is 1. The minimum Gasteiger partial charge on any atom is -0.493 e. The van der Waals surface area contributed by atoms with Crippen LogP contribution in [0, 0.1) is 13.8 Å². The summed E-state index contributed by atoms with van der Waals surface area (Å²) in [6.07, 6.45) is 0. The highest BCUT2D eigenvalue weighted by molar-refractivity contribution is 5.95. The van der Waals surface area contributed by atoms with Gasteiger partial charge in [-0.05, 0) is 39.0 Å². The summed E-state index contributed by atoms with van der Waals surface area (Å²) < 4.78 is 12.4. The molecule has 1 aromatic heterocycles. The van der Waals surface area contributed by atoms with Gasteiger partial charge in [0.2, 0.25) is 0 Å². The van der Waals surface area contributed by atoms with E-state index in [1.54, 1.807) is 22.9 Å². The highest BCUT2D eigenvalue weighted by Crippen LogP contribution is 2.28. The number of ether oxygens (including phenoxy) is 2. The van der Waals surface area contributed by atoms with Gasteiger partial charge >= 0.3 is 0 Å². The quantitative estimate of drug-likeness (QED) is 0.821. The molecule has 0 spiro atoms. The molecule has 0 saturated heterocycles. The molecule has 0 aliphatic carbocycles. The number of Topliss-reactive ketones (excluding diaryl/α,β-unsaturated/α-hetero) is 1. The lowest BCUT2D eigenvalue weighted by molar-refractivity contribution is -0.118. The van der Waals surface area contributed by atoms with Crippen LogP contribution in [0.5, 0.6) is 11.5 Å². The molecule has 7 nitrogen and oxygen atoms in total. The van der Waals surface area contributed by atoms with Crippen molar-refractivity contribution in [3.63, 3.8) is 0 Å². The minimum absolute atomic E-state index is 0.0693. The van der Waals surface area contributed by atoms with E-state index in [4.69, 9.17) is 9.47 Å². The topological polar surface area (TPSA) is 82.4 Å². The molecular weight excluding hydrogens is 310 g/mol. The summed E-state index contributed by atoms with van der Waals surface area (Å²) in [5.41, 5.74) is 2.81. The lowest BCUT2D eigenvalue weighted by Gasteiger charge is -2.12. The van der Waals surface area contributed by atoms with E-state index < -0.39 is 0 Å². The van der Waals surface area contributed by atoms with Gasteiger partial charge in [-0.3, -0.25) is 14.3 Å². The van der Waals surface area contributed by atoms with Crippen LogP contribution >= 0.6 is 0 Å². The second-order valence-electron chi connectivity index (χ2n) is 5.43. The average molecular weight is 331 g/mol. The maximum atomic E-state index is 12.1. The Hall–Kier alpha value is -2.83. The number of aromatic nitrogens is 2. The van der Waals surface area contributed by atoms with Crippen LogP contribution in [0.25, 0.3) is 0 Å². The van der Waals surface area contributed by atoms with Gasteiger partial charge in [-0.2, -0.15) is 5.10 Å². The Morgan fingerprint density at radius 1 is 1.25 bits per heavy atom. The molecule has 1 heterocycles. The van der Waals surface area contributed by atoms with Gasteiger partial charge in [0.05, 0.1) is 24.2 Å². The monoisotopic (exact) mass is 331 g/mol. The van der Waals surface area contributed by atoms with Crippen molar-refractivity contribution < 1.29 is 19.1 Å². The normalized spacial score (nSPS) is 10.4. The Bertz CT molecular complexity index is 780. The van der Waals surface area contributed by atoms with Crippen LogP contribution in [0.2, 0.25) is 0 Å². The molecule has 0 aliphatic heterocycles. The molecule has 1 aromatic carbocycles. The van der Waals surface area contributed by atoms with Crippen molar-refractivity contribution in [1.82, 2.24) is 9.78 Å². The van der Waals surface area contributed by atoms with Gasteiger partial charge in [0.25, 0.3) is 5.91 Å². The molecule has 24 heavy (non-hydrogen) atoms. The fourth-order valence-electron chi connectivity index (χ4n) is 2.28. The Morgan fingerprint density at radius 2 is 1.96 bits per heavy atom. The van der Waals surface area contributed by atoms with Crippen LogP contribution in [0.3, 0.4) is 0 Å². The average Bonchev–Trinajstić information content (AvgIpc) is 2.78. The summed E-state index contributed by atoms with van der Waals surface area (Å²) in [5.74, 6) is 0.438. The number of rotatable bonds is 6. The smallest absolute Gasteiger partial charge is 0.262 e. The first-order chi connectivity index (χ1) is 11.3.